The van der Waals surface area contributed by atoms with E-state index in [0.717, 1.165) is 25.7 Å². The lowest BCUT2D eigenvalue weighted by Gasteiger charge is -2.22. The SMILES string of the molecule is O=C(O)COc1cccc(NC(=O)CNC(=O)NC2CCCCC2)c1. The van der Waals surface area contributed by atoms with Crippen molar-refractivity contribution in [3.8, 4) is 5.75 Å². The van der Waals surface area contributed by atoms with Crippen LogP contribution >= 0.6 is 0 Å². The van der Waals surface area contributed by atoms with Crippen molar-refractivity contribution < 1.29 is 24.2 Å². The maximum atomic E-state index is 11.9. The molecule has 0 spiro atoms. The quantitative estimate of drug-likeness (QED) is 0.598. The van der Waals surface area contributed by atoms with Gasteiger partial charge < -0.3 is 25.8 Å². The molecule has 136 valence electrons. The van der Waals surface area contributed by atoms with E-state index in [4.69, 9.17) is 9.84 Å². The van der Waals surface area contributed by atoms with Crippen LogP contribution in [0.4, 0.5) is 10.5 Å². The van der Waals surface area contributed by atoms with Crippen molar-refractivity contribution in [2.75, 3.05) is 18.5 Å². The van der Waals surface area contributed by atoms with Crippen molar-refractivity contribution in [1.29, 1.82) is 0 Å². The summed E-state index contributed by atoms with van der Waals surface area (Å²) in [6.45, 7) is -0.612. The topological polar surface area (TPSA) is 117 Å². The molecule has 1 fully saturated rings. The van der Waals surface area contributed by atoms with Gasteiger partial charge in [0.25, 0.3) is 0 Å². The Balaban J connectivity index is 1.73. The van der Waals surface area contributed by atoms with Crippen LogP contribution in [0.15, 0.2) is 24.3 Å². The normalized spacial score (nSPS) is 14.4. The average Bonchev–Trinajstić information content (AvgIpc) is 2.59. The van der Waals surface area contributed by atoms with E-state index in [-0.39, 0.29) is 24.5 Å². The molecule has 0 unspecified atom stereocenters. The van der Waals surface area contributed by atoms with Crippen LogP contribution in [0.3, 0.4) is 0 Å². The van der Waals surface area contributed by atoms with Gasteiger partial charge in [-0.2, -0.15) is 0 Å². The zero-order valence-electron chi connectivity index (χ0n) is 13.9. The standard InChI is InChI=1S/C17H23N3O5/c21-15(10-18-17(24)20-12-5-2-1-3-6-12)19-13-7-4-8-14(9-13)25-11-16(22)23/h4,7-9,12H,1-3,5-6,10-11H2,(H,19,21)(H,22,23)(H2,18,20,24). The van der Waals surface area contributed by atoms with Crippen molar-refractivity contribution >= 4 is 23.6 Å². The smallest absolute Gasteiger partial charge is 0.341 e. The van der Waals surface area contributed by atoms with Gasteiger partial charge in [-0.15, -0.1) is 0 Å². The van der Waals surface area contributed by atoms with E-state index in [0.29, 0.717) is 11.4 Å². The minimum absolute atomic E-state index is 0.154. The molecule has 0 heterocycles. The molecule has 0 radical (unpaired) electrons. The average molecular weight is 349 g/mol. The highest BCUT2D eigenvalue weighted by molar-refractivity contribution is 5.94. The summed E-state index contributed by atoms with van der Waals surface area (Å²) >= 11 is 0. The molecule has 3 amide bonds. The van der Waals surface area contributed by atoms with Gasteiger partial charge in [0.1, 0.15) is 5.75 Å². The Kier molecular flexibility index (Phi) is 7.06. The number of amides is 3. The number of aliphatic carboxylic acids is 1. The number of carbonyl (C=O) groups is 3. The number of ether oxygens (including phenoxy) is 1. The Morgan fingerprint density at radius 1 is 1.16 bits per heavy atom. The third kappa shape index (κ3) is 7.11. The number of hydrogen-bond donors (Lipinski definition) is 4. The minimum atomic E-state index is -1.08. The number of urea groups is 1. The number of rotatable bonds is 7. The van der Waals surface area contributed by atoms with Crippen molar-refractivity contribution in [1.82, 2.24) is 10.6 Å². The highest BCUT2D eigenvalue weighted by atomic mass is 16.5. The summed E-state index contributed by atoms with van der Waals surface area (Å²) in [7, 11) is 0. The van der Waals surface area contributed by atoms with E-state index >= 15 is 0 Å². The first-order valence-electron chi connectivity index (χ1n) is 8.32. The lowest BCUT2D eigenvalue weighted by molar-refractivity contribution is -0.139. The van der Waals surface area contributed by atoms with E-state index < -0.39 is 12.6 Å². The third-order valence-corrected chi connectivity index (χ3v) is 3.83. The number of carbonyl (C=O) groups excluding carboxylic acids is 2. The van der Waals surface area contributed by atoms with Crippen molar-refractivity contribution in [2.45, 2.75) is 38.1 Å². The molecule has 1 aromatic carbocycles. The lowest BCUT2D eigenvalue weighted by atomic mass is 9.96. The number of hydrogen-bond acceptors (Lipinski definition) is 4. The maximum Gasteiger partial charge on any atom is 0.341 e. The third-order valence-electron chi connectivity index (χ3n) is 3.83. The van der Waals surface area contributed by atoms with Gasteiger partial charge in [0.15, 0.2) is 6.61 Å². The Bertz CT molecular complexity index is 614. The monoisotopic (exact) mass is 349 g/mol. The number of anilines is 1. The molecule has 8 nitrogen and oxygen atoms in total. The lowest BCUT2D eigenvalue weighted by Crippen LogP contribution is -2.45. The van der Waals surface area contributed by atoms with Gasteiger partial charge in [-0.05, 0) is 25.0 Å². The second kappa shape index (κ2) is 9.51. The van der Waals surface area contributed by atoms with Gasteiger partial charge in [-0.3, -0.25) is 4.79 Å². The van der Waals surface area contributed by atoms with E-state index in [1.54, 1.807) is 18.2 Å². The van der Waals surface area contributed by atoms with Crippen LogP contribution in [0.25, 0.3) is 0 Å². The minimum Gasteiger partial charge on any atom is -0.482 e. The molecule has 2 rings (SSSR count). The summed E-state index contributed by atoms with van der Waals surface area (Å²) in [6.07, 6.45) is 5.39. The molecule has 0 atom stereocenters. The van der Waals surface area contributed by atoms with Crippen molar-refractivity contribution in [3.63, 3.8) is 0 Å². The first kappa shape index (κ1) is 18.6. The van der Waals surface area contributed by atoms with Crippen LogP contribution in [-0.2, 0) is 9.59 Å². The number of carboxylic acid groups (broad SMARTS) is 1. The highest BCUT2D eigenvalue weighted by Gasteiger charge is 2.15. The van der Waals surface area contributed by atoms with Gasteiger partial charge in [0, 0.05) is 17.8 Å². The Labute approximate surface area is 145 Å². The molecule has 1 aliphatic carbocycles. The van der Waals surface area contributed by atoms with E-state index in [2.05, 4.69) is 16.0 Å². The number of nitrogens with one attached hydrogen (secondary N) is 3. The number of carboxylic acids is 1. The molecular formula is C17H23N3O5. The van der Waals surface area contributed by atoms with Gasteiger partial charge in [0.05, 0.1) is 6.54 Å². The molecule has 8 heteroatoms. The predicted octanol–water partition coefficient (Wildman–Crippen LogP) is 1.72. The van der Waals surface area contributed by atoms with Crippen LogP contribution < -0.4 is 20.7 Å². The molecule has 4 N–H and O–H groups in total. The zero-order valence-corrected chi connectivity index (χ0v) is 13.9. The van der Waals surface area contributed by atoms with Crippen LogP contribution in [0.1, 0.15) is 32.1 Å². The van der Waals surface area contributed by atoms with Gasteiger partial charge in [-0.1, -0.05) is 25.3 Å². The Hall–Kier alpha value is -2.77. The number of benzene rings is 1. The fourth-order valence-electron chi connectivity index (χ4n) is 2.66. The summed E-state index contributed by atoms with van der Waals surface area (Å²) in [5, 5.41) is 16.6. The Morgan fingerprint density at radius 2 is 1.92 bits per heavy atom. The highest BCUT2D eigenvalue weighted by Crippen LogP contribution is 2.18. The molecule has 0 aliphatic heterocycles. The van der Waals surface area contributed by atoms with Crippen molar-refractivity contribution in [3.05, 3.63) is 24.3 Å². The first-order chi connectivity index (χ1) is 12.0. The molecule has 1 aromatic rings. The van der Waals surface area contributed by atoms with Crippen molar-refractivity contribution in [2.24, 2.45) is 0 Å². The van der Waals surface area contributed by atoms with Gasteiger partial charge >= 0.3 is 12.0 Å². The second-order valence-corrected chi connectivity index (χ2v) is 5.92. The van der Waals surface area contributed by atoms with E-state index in [1.807, 2.05) is 0 Å². The molecule has 1 aliphatic rings. The van der Waals surface area contributed by atoms with Gasteiger partial charge in [-0.25, -0.2) is 9.59 Å². The fourth-order valence-corrected chi connectivity index (χ4v) is 2.66. The second-order valence-electron chi connectivity index (χ2n) is 5.92. The van der Waals surface area contributed by atoms with Crippen LogP contribution in [0, 0.1) is 0 Å². The first-order valence-corrected chi connectivity index (χ1v) is 8.32. The van der Waals surface area contributed by atoms with E-state index in [1.165, 1.54) is 12.5 Å². The maximum absolute atomic E-state index is 11.9. The molecule has 25 heavy (non-hydrogen) atoms. The molecular weight excluding hydrogens is 326 g/mol. The largest absolute Gasteiger partial charge is 0.482 e. The van der Waals surface area contributed by atoms with Gasteiger partial charge in [0.2, 0.25) is 5.91 Å². The predicted molar refractivity (Wildman–Crippen MR) is 91.6 cm³/mol. The molecule has 1 saturated carbocycles. The van der Waals surface area contributed by atoms with Crippen LogP contribution in [0.5, 0.6) is 5.75 Å². The summed E-state index contributed by atoms with van der Waals surface area (Å²) in [5.41, 5.74) is 0.461. The zero-order chi connectivity index (χ0) is 18.1. The fraction of sp³-hybridized carbons (Fsp3) is 0.471. The molecule has 0 bridgehead atoms. The van der Waals surface area contributed by atoms with Crippen LogP contribution in [0.2, 0.25) is 0 Å². The summed E-state index contributed by atoms with van der Waals surface area (Å²) in [4.78, 5) is 34.2. The molecule has 0 aromatic heterocycles. The summed E-state index contributed by atoms with van der Waals surface area (Å²) < 4.78 is 5.04. The Morgan fingerprint density at radius 3 is 2.64 bits per heavy atom. The van der Waals surface area contributed by atoms with E-state index in [9.17, 15) is 14.4 Å². The van der Waals surface area contributed by atoms with Crippen LogP contribution in [-0.4, -0.2) is 42.2 Å². The summed E-state index contributed by atoms with van der Waals surface area (Å²) in [6, 6.07) is 6.22. The summed E-state index contributed by atoms with van der Waals surface area (Å²) in [5.74, 6) is -1.13. The molecule has 0 saturated heterocycles.